The SMILES string of the molecule is CCCSC1=NC2(CC(c3ccccc3)Oc3ccc(Br)cc32)C(=O)N1CCC. The molecule has 0 saturated carbocycles. The number of thioether (sulfide) groups is 1. The largest absolute Gasteiger partial charge is 0.485 e. The average Bonchev–Trinajstić information content (AvgIpc) is 3.00. The number of ether oxygens (including phenoxy) is 1. The molecule has 2 aromatic rings. The lowest BCUT2D eigenvalue weighted by atomic mass is 9.80. The zero-order chi connectivity index (χ0) is 20.4. The van der Waals surface area contributed by atoms with Crippen molar-refractivity contribution in [3.63, 3.8) is 0 Å². The number of nitrogens with zero attached hydrogens (tertiary/aromatic N) is 2. The zero-order valence-electron chi connectivity index (χ0n) is 16.7. The Kier molecular flexibility index (Phi) is 6.02. The third kappa shape index (κ3) is 3.73. The Labute approximate surface area is 184 Å². The number of aliphatic imine (C=N–C) groups is 1. The van der Waals surface area contributed by atoms with Gasteiger partial charge in [0, 0.05) is 28.8 Å². The van der Waals surface area contributed by atoms with Gasteiger partial charge in [0.15, 0.2) is 10.7 Å². The van der Waals surface area contributed by atoms with E-state index < -0.39 is 5.54 Å². The monoisotopic (exact) mass is 472 g/mol. The minimum absolute atomic E-state index is 0.0709. The topological polar surface area (TPSA) is 41.9 Å². The average molecular weight is 473 g/mol. The Balaban J connectivity index is 1.84. The van der Waals surface area contributed by atoms with Gasteiger partial charge in [0.1, 0.15) is 11.9 Å². The van der Waals surface area contributed by atoms with Crippen LogP contribution in [0.2, 0.25) is 0 Å². The number of hydrogen-bond donors (Lipinski definition) is 0. The van der Waals surface area contributed by atoms with Crippen molar-refractivity contribution in [1.82, 2.24) is 4.90 Å². The first-order chi connectivity index (χ1) is 14.1. The fraction of sp³-hybridized carbons (Fsp3) is 0.391. The number of benzene rings is 2. The molecule has 0 N–H and O–H groups in total. The van der Waals surface area contributed by atoms with Gasteiger partial charge in [-0.25, -0.2) is 4.99 Å². The number of amidine groups is 1. The maximum Gasteiger partial charge on any atom is 0.261 e. The van der Waals surface area contributed by atoms with Crippen LogP contribution in [0.3, 0.4) is 0 Å². The Morgan fingerprint density at radius 3 is 2.72 bits per heavy atom. The van der Waals surface area contributed by atoms with Gasteiger partial charge in [-0.2, -0.15) is 0 Å². The molecule has 1 spiro atoms. The molecule has 2 aliphatic rings. The predicted octanol–water partition coefficient (Wildman–Crippen LogP) is 5.92. The molecule has 0 aliphatic carbocycles. The van der Waals surface area contributed by atoms with E-state index >= 15 is 0 Å². The molecule has 0 fully saturated rings. The van der Waals surface area contributed by atoms with Gasteiger partial charge in [-0.05, 0) is 36.6 Å². The second-order valence-electron chi connectivity index (χ2n) is 7.42. The van der Waals surface area contributed by atoms with Crippen molar-refractivity contribution in [3.05, 3.63) is 64.1 Å². The summed E-state index contributed by atoms with van der Waals surface area (Å²) in [6.07, 6.45) is 2.24. The normalized spacial score (nSPS) is 23.1. The third-order valence-electron chi connectivity index (χ3n) is 5.31. The van der Waals surface area contributed by atoms with Gasteiger partial charge in [-0.1, -0.05) is 71.9 Å². The third-order valence-corrected chi connectivity index (χ3v) is 6.98. The maximum absolute atomic E-state index is 13.8. The van der Waals surface area contributed by atoms with Crippen LogP contribution in [0.15, 0.2) is 58.0 Å². The molecule has 2 aliphatic heterocycles. The summed E-state index contributed by atoms with van der Waals surface area (Å²) >= 11 is 5.25. The van der Waals surface area contributed by atoms with Crippen molar-refractivity contribution in [3.8, 4) is 5.75 Å². The zero-order valence-corrected chi connectivity index (χ0v) is 19.1. The number of carbonyl (C=O) groups excluding carboxylic acids is 1. The lowest BCUT2D eigenvalue weighted by Gasteiger charge is -2.37. The highest BCUT2D eigenvalue weighted by Gasteiger charge is 2.54. The Morgan fingerprint density at radius 1 is 1.21 bits per heavy atom. The number of fused-ring (bicyclic) bond motifs is 2. The molecule has 2 heterocycles. The molecule has 0 aromatic heterocycles. The molecule has 0 radical (unpaired) electrons. The van der Waals surface area contributed by atoms with Crippen LogP contribution in [0, 0.1) is 0 Å². The minimum Gasteiger partial charge on any atom is -0.485 e. The first kappa shape index (κ1) is 20.5. The van der Waals surface area contributed by atoms with Gasteiger partial charge in [0.05, 0.1) is 0 Å². The number of hydrogen-bond acceptors (Lipinski definition) is 4. The van der Waals surface area contributed by atoms with E-state index in [9.17, 15) is 4.79 Å². The van der Waals surface area contributed by atoms with Crippen molar-refractivity contribution in [2.75, 3.05) is 12.3 Å². The summed E-state index contributed by atoms with van der Waals surface area (Å²) in [5.74, 6) is 1.76. The summed E-state index contributed by atoms with van der Waals surface area (Å²) < 4.78 is 7.28. The first-order valence-corrected chi connectivity index (χ1v) is 11.9. The molecule has 2 unspecified atom stereocenters. The number of amides is 1. The van der Waals surface area contributed by atoms with Crippen LogP contribution in [0.1, 0.15) is 50.3 Å². The van der Waals surface area contributed by atoms with Gasteiger partial charge in [0.2, 0.25) is 0 Å². The first-order valence-electron chi connectivity index (χ1n) is 10.1. The van der Waals surface area contributed by atoms with Crippen LogP contribution in [-0.4, -0.2) is 28.3 Å². The fourth-order valence-electron chi connectivity index (χ4n) is 3.97. The summed E-state index contributed by atoms with van der Waals surface area (Å²) in [5.41, 5.74) is 1.00. The van der Waals surface area contributed by atoms with Gasteiger partial charge < -0.3 is 4.74 Å². The van der Waals surface area contributed by atoms with Crippen molar-refractivity contribution < 1.29 is 9.53 Å². The number of rotatable bonds is 5. The molecule has 0 bridgehead atoms. The van der Waals surface area contributed by atoms with Crippen molar-refractivity contribution in [1.29, 1.82) is 0 Å². The van der Waals surface area contributed by atoms with Crippen LogP contribution < -0.4 is 4.74 Å². The van der Waals surface area contributed by atoms with Crippen LogP contribution in [0.4, 0.5) is 0 Å². The van der Waals surface area contributed by atoms with E-state index in [-0.39, 0.29) is 12.0 Å². The van der Waals surface area contributed by atoms with E-state index in [1.807, 2.05) is 41.3 Å². The predicted molar refractivity (Wildman–Crippen MR) is 122 cm³/mol. The van der Waals surface area contributed by atoms with Crippen molar-refractivity contribution in [2.45, 2.75) is 44.8 Å². The molecular formula is C23H25BrN2O2S. The quantitative estimate of drug-likeness (QED) is 0.542. The molecule has 2 aromatic carbocycles. The smallest absolute Gasteiger partial charge is 0.261 e. The lowest BCUT2D eigenvalue weighted by molar-refractivity contribution is -0.133. The summed E-state index contributed by atoms with van der Waals surface area (Å²) in [7, 11) is 0. The van der Waals surface area contributed by atoms with Crippen molar-refractivity contribution >= 4 is 38.8 Å². The maximum atomic E-state index is 13.8. The molecule has 0 saturated heterocycles. The number of halogens is 1. The Morgan fingerprint density at radius 2 is 2.00 bits per heavy atom. The molecule has 29 heavy (non-hydrogen) atoms. The van der Waals surface area contributed by atoms with Crippen molar-refractivity contribution in [2.24, 2.45) is 4.99 Å². The molecule has 4 rings (SSSR count). The molecule has 152 valence electrons. The van der Waals surface area contributed by atoms with Crippen LogP contribution in [0.5, 0.6) is 5.75 Å². The Bertz CT molecular complexity index is 934. The second kappa shape index (κ2) is 8.52. The molecule has 4 nitrogen and oxygen atoms in total. The molecule has 1 amide bonds. The highest BCUT2D eigenvalue weighted by atomic mass is 79.9. The highest BCUT2D eigenvalue weighted by Crippen LogP contribution is 2.51. The van der Waals surface area contributed by atoms with E-state index in [1.165, 1.54) is 0 Å². The van der Waals surface area contributed by atoms with Gasteiger partial charge in [0.25, 0.3) is 5.91 Å². The number of carbonyl (C=O) groups is 1. The van der Waals surface area contributed by atoms with Crippen LogP contribution >= 0.6 is 27.7 Å². The van der Waals surface area contributed by atoms with E-state index in [2.05, 4.69) is 41.9 Å². The standard InChI is InChI=1S/C23H25BrN2O2S/c1-3-12-26-21(27)23(25-22(26)29-13-4-2)15-20(16-8-6-5-7-9-16)28-19-11-10-17(24)14-18(19)23/h5-11,14,20H,3-4,12-13,15H2,1-2H3. The van der Waals surface area contributed by atoms with Gasteiger partial charge in [-0.15, -0.1) is 0 Å². The lowest BCUT2D eigenvalue weighted by Crippen LogP contribution is -2.44. The van der Waals surface area contributed by atoms with E-state index in [1.54, 1.807) is 11.8 Å². The molecule has 6 heteroatoms. The highest BCUT2D eigenvalue weighted by molar-refractivity contribution is 9.10. The summed E-state index contributed by atoms with van der Waals surface area (Å²) in [4.78, 5) is 20.8. The molecule has 2 atom stereocenters. The van der Waals surface area contributed by atoms with Crippen LogP contribution in [0.25, 0.3) is 0 Å². The van der Waals surface area contributed by atoms with Crippen LogP contribution in [-0.2, 0) is 10.3 Å². The summed E-state index contributed by atoms with van der Waals surface area (Å²) in [5, 5.41) is 0.846. The van der Waals surface area contributed by atoms with E-state index in [0.717, 1.165) is 45.1 Å². The molecular weight excluding hydrogens is 448 g/mol. The van der Waals surface area contributed by atoms with E-state index in [0.29, 0.717) is 13.0 Å². The van der Waals surface area contributed by atoms with Gasteiger partial charge in [-0.3, -0.25) is 9.69 Å². The van der Waals surface area contributed by atoms with Gasteiger partial charge >= 0.3 is 0 Å². The summed E-state index contributed by atoms with van der Waals surface area (Å²) in [6, 6.07) is 16.0. The second-order valence-corrected chi connectivity index (χ2v) is 9.40. The Hall–Kier alpha value is -1.79. The fourth-order valence-corrected chi connectivity index (χ4v) is 5.27. The minimum atomic E-state index is -0.927. The summed E-state index contributed by atoms with van der Waals surface area (Å²) in [6.45, 7) is 4.94. The van der Waals surface area contributed by atoms with E-state index in [4.69, 9.17) is 9.73 Å².